The van der Waals surface area contributed by atoms with Crippen molar-refractivity contribution in [3.8, 4) is 6.07 Å². The molecule has 2 N–H and O–H groups in total. The minimum Gasteiger partial charge on any atom is -0.264 e. The fraction of sp³-hybridized carbons (Fsp3) is 0.231. The summed E-state index contributed by atoms with van der Waals surface area (Å²) in [7, 11) is -3.69. The van der Waals surface area contributed by atoms with E-state index < -0.39 is 10.0 Å². The highest BCUT2D eigenvalue weighted by Gasteiger charge is 2.17. The number of hydrogen-bond acceptors (Lipinski definition) is 4. The molecule has 2 rings (SSSR count). The number of anilines is 1. The molecule has 7 heteroatoms. The number of H-pyrrole nitrogens is 1. The van der Waals surface area contributed by atoms with Crippen molar-refractivity contribution >= 4 is 15.8 Å². The fourth-order valence-electron chi connectivity index (χ4n) is 1.79. The topological polar surface area (TPSA) is 98.6 Å². The van der Waals surface area contributed by atoms with Gasteiger partial charge >= 0.3 is 0 Å². The Labute approximate surface area is 117 Å². The SMILES string of the molecule is CCc1cn[nH]c1NS(=O)(=O)c1ccc(C#N)c(C)c1. The average molecular weight is 290 g/mol. The smallest absolute Gasteiger partial charge is 0.263 e. The maximum atomic E-state index is 12.3. The van der Waals surface area contributed by atoms with Gasteiger partial charge in [-0.1, -0.05) is 6.92 Å². The van der Waals surface area contributed by atoms with Gasteiger partial charge in [-0.3, -0.25) is 9.82 Å². The van der Waals surface area contributed by atoms with Crippen molar-refractivity contribution in [3.63, 3.8) is 0 Å². The zero-order valence-corrected chi connectivity index (χ0v) is 12.0. The molecule has 1 heterocycles. The van der Waals surface area contributed by atoms with E-state index in [2.05, 4.69) is 14.9 Å². The van der Waals surface area contributed by atoms with E-state index in [4.69, 9.17) is 5.26 Å². The zero-order chi connectivity index (χ0) is 14.8. The molecule has 0 fully saturated rings. The standard InChI is InChI=1S/C13H14N4O2S/c1-3-10-8-15-16-13(10)17-20(18,19)12-5-4-11(7-14)9(2)6-12/h4-6,8H,3H2,1-2H3,(H2,15,16,17). The molecule has 1 aromatic carbocycles. The third kappa shape index (κ3) is 2.65. The highest BCUT2D eigenvalue weighted by molar-refractivity contribution is 7.92. The van der Waals surface area contributed by atoms with Crippen LogP contribution in [0.25, 0.3) is 0 Å². The van der Waals surface area contributed by atoms with E-state index >= 15 is 0 Å². The predicted octanol–water partition coefficient (Wildman–Crippen LogP) is 1.95. The lowest BCUT2D eigenvalue weighted by molar-refractivity contribution is 0.601. The van der Waals surface area contributed by atoms with Crippen LogP contribution in [0.3, 0.4) is 0 Å². The highest BCUT2D eigenvalue weighted by Crippen LogP contribution is 2.20. The molecule has 0 aliphatic carbocycles. The Balaban J connectivity index is 2.36. The molecule has 0 spiro atoms. The Morgan fingerprint density at radius 3 is 2.80 bits per heavy atom. The molecule has 0 unspecified atom stereocenters. The first-order chi connectivity index (χ1) is 9.47. The van der Waals surface area contributed by atoms with Gasteiger partial charge in [0.2, 0.25) is 0 Å². The van der Waals surface area contributed by atoms with Gasteiger partial charge in [0.25, 0.3) is 10.0 Å². The summed E-state index contributed by atoms with van der Waals surface area (Å²) in [6.45, 7) is 3.61. The average Bonchev–Trinajstić information content (AvgIpc) is 2.85. The van der Waals surface area contributed by atoms with Crippen LogP contribution >= 0.6 is 0 Å². The molecule has 0 bridgehead atoms. The summed E-state index contributed by atoms with van der Waals surface area (Å²) >= 11 is 0. The van der Waals surface area contributed by atoms with Gasteiger partial charge in [0.05, 0.1) is 22.7 Å². The minimum atomic E-state index is -3.69. The van der Waals surface area contributed by atoms with E-state index in [1.807, 2.05) is 13.0 Å². The second-order valence-corrected chi connectivity index (χ2v) is 6.00. The normalized spacial score (nSPS) is 11.1. The van der Waals surface area contributed by atoms with Crippen LogP contribution < -0.4 is 4.72 Å². The van der Waals surface area contributed by atoms with E-state index in [0.29, 0.717) is 23.4 Å². The fourth-order valence-corrected chi connectivity index (χ4v) is 2.93. The quantitative estimate of drug-likeness (QED) is 0.899. The van der Waals surface area contributed by atoms with Gasteiger partial charge in [0, 0.05) is 5.56 Å². The largest absolute Gasteiger partial charge is 0.264 e. The molecule has 0 radical (unpaired) electrons. The predicted molar refractivity (Wildman–Crippen MR) is 74.7 cm³/mol. The number of nitrogens with zero attached hydrogens (tertiary/aromatic N) is 2. The summed E-state index contributed by atoms with van der Waals surface area (Å²) in [5.41, 5.74) is 1.87. The first-order valence-corrected chi connectivity index (χ1v) is 7.52. The van der Waals surface area contributed by atoms with Crippen LogP contribution in [0.15, 0.2) is 29.3 Å². The Hall–Kier alpha value is -2.33. The summed E-state index contributed by atoms with van der Waals surface area (Å²) < 4.78 is 27.0. The van der Waals surface area contributed by atoms with Crippen molar-refractivity contribution in [1.82, 2.24) is 10.2 Å². The summed E-state index contributed by atoms with van der Waals surface area (Å²) in [5, 5.41) is 15.3. The first-order valence-electron chi connectivity index (χ1n) is 6.03. The van der Waals surface area contributed by atoms with Crippen LogP contribution in [0, 0.1) is 18.3 Å². The van der Waals surface area contributed by atoms with Gasteiger partial charge in [0.15, 0.2) is 0 Å². The Morgan fingerprint density at radius 1 is 1.45 bits per heavy atom. The molecule has 6 nitrogen and oxygen atoms in total. The monoisotopic (exact) mass is 290 g/mol. The third-order valence-electron chi connectivity index (χ3n) is 2.96. The second kappa shape index (κ2) is 5.35. The number of aryl methyl sites for hydroxylation is 2. The number of nitriles is 1. The van der Waals surface area contributed by atoms with Gasteiger partial charge in [-0.2, -0.15) is 10.4 Å². The molecule has 0 atom stereocenters. The number of nitrogens with one attached hydrogen (secondary N) is 2. The van der Waals surface area contributed by atoms with E-state index in [0.717, 1.165) is 5.56 Å². The van der Waals surface area contributed by atoms with Gasteiger partial charge < -0.3 is 0 Å². The molecule has 0 saturated carbocycles. The number of aromatic nitrogens is 2. The van der Waals surface area contributed by atoms with E-state index in [9.17, 15) is 8.42 Å². The maximum absolute atomic E-state index is 12.3. The number of hydrogen-bond donors (Lipinski definition) is 2. The molecule has 0 saturated heterocycles. The Bertz CT molecular complexity index is 772. The Kier molecular flexibility index (Phi) is 3.77. The van der Waals surface area contributed by atoms with Crippen LogP contribution in [0.4, 0.5) is 5.82 Å². The van der Waals surface area contributed by atoms with Crippen LogP contribution in [-0.4, -0.2) is 18.6 Å². The molecule has 2 aromatic rings. The third-order valence-corrected chi connectivity index (χ3v) is 4.31. The van der Waals surface area contributed by atoms with Crippen LogP contribution in [0.1, 0.15) is 23.6 Å². The van der Waals surface area contributed by atoms with Crippen molar-refractivity contribution in [2.45, 2.75) is 25.2 Å². The van der Waals surface area contributed by atoms with Gasteiger partial charge in [-0.15, -0.1) is 0 Å². The lowest BCUT2D eigenvalue weighted by Crippen LogP contribution is -2.14. The highest BCUT2D eigenvalue weighted by atomic mass is 32.2. The van der Waals surface area contributed by atoms with Crippen molar-refractivity contribution < 1.29 is 8.42 Å². The van der Waals surface area contributed by atoms with Gasteiger partial charge in [0.1, 0.15) is 5.82 Å². The molecule has 0 aliphatic heterocycles. The number of aromatic amines is 1. The van der Waals surface area contributed by atoms with E-state index in [1.54, 1.807) is 13.1 Å². The molecule has 1 aromatic heterocycles. The molecule has 104 valence electrons. The first kappa shape index (κ1) is 14.1. The van der Waals surface area contributed by atoms with Crippen LogP contribution in [0.5, 0.6) is 0 Å². The minimum absolute atomic E-state index is 0.116. The Morgan fingerprint density at radius 2 is 2.20 bits per heavy atom. The molecule has 0 aliphatic rings. The zero-order valence-electron chi connectivity index (χ0n) is 11.1. The number of sulfonamides is 1. The number of benzene rings is 1. The van der Waals surface area contributed by atoms with Crippen molar-refractivity contribution in [2.24, 2.45) is 0 Å². The van der Waals surface area contributed by atoms with Crippen molar-refractivity contribution in [1.29, 1.82) is 5.26 Å². The lowest BCUT2D eigenvalue weighted by atomic mass is 10.1. The molecule has 0 amide bonds. The maximum Gasteiger partial charge on any atom is 0.263 e. The lowest BCUT2D eigenvalue weighted by Gasteiger charge is -2.08. The summed E-state index contributed by atoms with van der Waals surface area (Å²) in [4.78, 5) is 0.116. The van der Waals surface area contributed by atoms with Crippen molar-refractivity contribution in [2.75, 3.05) is 4.72 Å². The molecular weight excluding hydrogens is 276 g/mol. The second-order valence-electron chi connectivity index (χ2n) is 4.32. The van der Waals surface area contributed by atoms with E-state index in [-0.39, 0.29) is 4.90 Å². The summed E-state index contributed by atoms with van der Waals surface area (Å²) in [6.07, 6.45) is 2.25. The molecular formula is C13H14N4O2S. The number of rotatable bonds is 4. The van der Waals surface area contributed by atoms with Gasteiger partial charge in [-0.05, 0) is 37.1 Å². The molecule has 20 heavy (non-hydrogen) atoms. The van der Waals surface area contributed by atoms with Crippen LogP contribution in [0.2, 0.25) is 0 Å². The summed E-state index contributed by atoms with van der Waals surface area (Å²) in [6, 6.07) is 6.39. The van der Waals surface area contributed by atoms with Crippen molar-refractivity contribution in [3.05, 3.63) is 41.1 Å². The summed E-state index contributed by atoms with van der Waals surface area (Å²) in [5.74, 6) is 0.370. The van der Waals surface area contributed by atoms with E-state index in [1.165, 1.54) is 18.2 Å². The van der Waals surface area contributed by atoms with Crippen LogP contribution in [-0.2, 0) is 16.4 Å². The van der Waals surface area contributed by atoms with Gasteiger partial charge in [-0.25, -0.2) is 8.42 Å².